The molecule has 0 aromatic carbocycles. The number of hydrogen-bond acceptors (Lipinski definition) is 4. The Morgan fingerprint density at radius 3 is 2.55 bits per heavy atom. The number of hydrogen-bond donors (Lipinski definition) is 0. The molecule has 0 fully saturated rings. The molecule has 0 saturated carbocycles. The third-order valence-electron chi connectivity index (χ3n) is 3.21. The Hall–Kier alpha value is -2.12. The van der Waals surface area contributed by atoms with Gasteiger partial charge in [0.1, 0.15) is 11.6 Å². The fourth-order valence-corrected chi connectivity index (χ4v) is 2.22. The van der Waals surface area contributed by atoms with E-state index in [1.807, 2.05) is 6.92 Å². The molecule has 0 aliphatic heterocycles. The first-order valence-electron chi connectivity index (χ1n) is 6.86. The highest BCUT2D eigenvalue weighted by atomic mass is 19.4. The predicted molar refractivity (Wildman–Crippen MR) is 76.5 cm³/mol. The van der Waals surface area contributed by atoms with E-state index < -0.39 is 11.9 Å². The van der Waals surface area contributed by atoms with Crippen molar-refractivity contribution in [1.29, 1.82) is 0 Å². The van der Waals surface area contributed by atoms with E-state index in [-0.39, 0.29) is 12.1 Å². The zero-order chi connectivity index (χ0) is 16.5. The molecule has 0 N–H and O–H groups in total. The fourth-order valence-electron chi connectivity index (χ4n) is 2.22. The van der Waals surface area contributed by atoms with Crippen LogP contribution in [-0.2, 0) is 26.2 Å². The minimum atomic E-state index is -4.46. The van der Waals surface area contributed by atoms with Crippen LogP contribution >= 0.6 is 0 Å². The second-order valence-electron chi connectivity index (χ2n) is 5.15. The van der Waals surface area contributed by atoms with E-state index in [2.05, 4.69) is 15.1 Å². The number of aromatic nitrogens is 4. The summed E-state index contributed by atoms with van der Waals surface area (Å²) in [5.74, 6) is 1.20. The molecule has 2 heterocycles. The molecule has 0 aliphatic rings. The third-order valence-corrected chi connectivity index (χ3v) is 3.21. The van der Waals surface area contributed by atoms with Crippen molar-refractivity contribution in [2.45, 2.75) is 33.0 Å². The van der Waals surface area contributed by atoms with Crippen LogP contribution in [0.2, 0.25) is 0 Å². The number of halogens is 3. The van der Waals surface area contributed by atoms with Gasteiger partial charge in [-0.1, -0.05) is 6.92 Å². The molecule has 120 valence electrons. The number of anilines is 1. The summed E-state index contributed by atoms with van der Waals surface area (Å²) in [6.07, 6.45) is -2.34. The second-order valence-corrected chi connectivity index (χ2v) is 5.15. The molecule has 0 saturated heterocycles. The number of aryl methyl sites for hydroxylation is 3. The molecule has 5 nitrogen and oxygen atoms in total. The molecule has 0 bridgehead atoms. The Kier molecular flexibility index (Phi) is 4.39. The highest BCUT2D eigenvalue weighted by molar-refractivity contribution is 5.40. The van der Waals surface area contributed by atoms with Crippen molar-refractivity contribution >= 4 is 5.82 Å². The molecular weight excluding hydrogens is 295 g/mol. The highest BCUT2D eigenvalue weighted by Gasteiger charge is 2.37. The van der Waals surface area contributed by atoms with Gasteiger partial charge < -0.3 is 4.90 Å². The van der Waals surface area contributed by atoms with Gasteiger partial charge in [-0.05, 0) is 13.3 Å². The van der Waals surface area contributed by atoms with Gasteiger partial charge in [0.05, 0.1) is 0 Å². The molecule has 0 amide bonds. The van der Waals surface area contributed by atoms with Crippen LogP contribution in [0.5, 0.6) is 0 Å². The molecular formula is C14H18F3N5. The average Bonchev–Trinajstić information content (AvgIpc) is 2.78. The van der Waals surface area contributed by atoms with Crippen LogP contribution in [0.1, 0.15) is 29.7 Å². The molecule has 0 atom stereocenters. The van der Waals surface area contributed by atoms with Crippen LogP contribution in [0.15, 0.2) is 12.3 Å². The van der Waals surface area contributed by atoms with Crippen molar-refractivity contribution in [3.05, 3.63) is 35.0 Å². The Bertz CT molecular complexity index is 663. The topological polar surface area (TPSA) is 46.8 Å². The second kappa shape index (κ2) is 5.94. The fraction of sp³-hybridized carbons (Fsp3) is 0.500. The van der Waals surface area contributed by atoms with E-state index in [4.69, 9.17) is 0 Å². The predicted octanol–water partition coefficient (Wildman–Crippen LogP) is 2.74. The van der Waals surface area contributed by atoms with E-state index >= 15 is 0 Å². The first-order valence-corrected chi connectivity index (χ1v) is 6.86. The summed E-state index contributed by atoms with van der Waals surface area (Å²) in [5, 5.41) is 3.51. The van der Waals surface area contributed by atoms with E-state index in [0.717, 1.165) is 12.1 Å². The standard InChI is InChI=1S/C14H18F3N5/c1-5-11-6-12(19-9(2)18-11)21(3)7-10-8-22(4)20-13(10)14(15,16)17/h6,8H,5,7H2,1-4H3. The molecule has 22 heavy (non-hydrogen) atoms. The maximum absolute atomic E-state index is 13.0. The molecule has 0 aliphatic carbocycles. The molecule has 8 heteroatoms. The van der Waals surface area contributed by atoms with E-state index in [1.54, 1.807) is 24.9 Å². The lowest BCUT2D eigenvalue weighted by Gasteiger charge is -2.19. The maximum Gasteiger partial charge on any atom is 0.435 e. The van der Waals surface area contributed by atoms with Crippen LogP contribution in [0.3, 0.4) is 0 Å². The Morgan fingerprint density at radius 2 is 1.95 bits per heavy atom. The molecule has 2 aromatic rings. The van der Waals surface area contributed by atoms with Gasteiger partial charge in [-0.3, -0.25) is 4.68 Å². The lowest BCUT2D eigenvalue weighted by molar-refractivity contribution is -0.142. The van der Waals surface area contributed by atoms with Crippen LogP contribution in [0.25, 0.3) is 0 Å². The van der Waals surface area contributed by atoms with Crippen LogP contribution in [0, 0.1) is 6.92 Å². The summed E-state index contributed by atoms with van der Waals surface area (Å²) in [6.45, 7) is 3.80. The third kappa shape index (κ3) is 3.55. The first-order chi connectivity index (χ1) is 10.2. The van der Waals surface area contributed by atoms with Crippen LogP contribution in [-0.4, -0.2) is 26.8 Å². The average molecular weight is 313 g/mol. The van der Waals surface area contributed by atoms with Gasteiger partial charge in [0.25, 0.3) is 0 Å². The normalized spacial score (nSPS) is 11.8. The lowest BCUT2D eigenvalue weighted by atomic mass is 10.2. The lowest BCUT2D eigenvalue weighted by Crippen LogP contribution is -2.21. The van der Waals surface area contributed by atoms with Gasteiger partial charge in [0.15, 0.2) is 5.69 Å². The summed E-state index contributed by atoms with van der Waals surface area (Å²) >= 11 is 0. The molecule has 0 radical (unpaired) electrons. The van der Waals surface area contributed by atoms with Gasteiger partial charge in [0, 0.05) is 44.2 Å². The van der Waals surface area contributed by atoms with Crippen LogP contribution < -0.4 is 4.90 Å². The molecule has 0 unspecified atom stereocenters. The van der Waals surface area contributed by atoms with Crippen molar-refractivity contribution in [3.63, 3.8) is 0 Å². The van der Waals surface area contributed by atoms with Crippen LogP contribution in [0.4, 0.5) is 19.0 Å². The monoisotopic (exact) mass is 313 g/mol. The van der Waals surface area contributed by atoms with Crippen molar-refractivity contribution in [2.75, 3.05) is 11.9 Å². The maximum atomic E-state index is 13.0. The van der Waals surface area contributed by atoms with Crippen molar-refractivity contribution in [2.24, 2.45) is 7.05 Å². The van der Waals surface area contributed by atoms with E-state index in [9.17, 15) is 13.2 Å². The Morgan fingerprint density at radius 1 is 1.27 bits per heavy atom. The number of rotatable bonds is 4. The van der Waals surface area contributed by atoms with Crippen molar-refractivity contribution in [3.8, 4) is 0 Å². The van der Waals surface area contributed by atoms with Gasteiger partial charge in [-0.15, -0.1) is 0 Å². The molecule has 2 rings (SSSR count). The van der Waals surface area contributed by atoms with E-state index in [0.29, 0.717) is 11.6 Å². The summed E-state index contributed by atoms with van der Waals surface area (Å²) < 4.78 is 40.1. The Balaban J connectivity index is 2.30. The largest absolute Gasteiger partial charge is 0.435 e. The first kappa shape index (κ1) is 16.3. The zero-order valence-electron chi connectivity index (χ0n) is 12.9. The quantitative estimate of drug-likeness (QED) is 0.871. The summed E-state index contributed by atoms with van der Waals surface area (Å²) in [6, 6.07) is 1.79. The number of nitrogens with zero attached hydrogens (tertiary/aromatic N) is 5. The highest BCUT2D eigenvalue weighted by Crippen LogP contribution is 2.31. The van der Waals surface area contributed by atoms with Gasteiger partial charge in [-0.2, -0.15) is 18.3 Å². The molecule has 0 spiro atoms. The summed E-state index contributed by atoms with van der Waals surface area (Å²) in [4.78, 5) is 10.2. The van der Waals surface area contributed by atoms with Gasteiger partial charge in [0.2, 0.25) is 0 Å². The number of alkyl halides is 3. The zero-order valence-corrected chi connectivity index (χ0v) is 12.9. The molecule has 2 aromatic heterocycles. The van der Waals surface area contributed by atoms with Crippen molar-refractivity contribution < 1.29 is 13.2 Å². The van der Waals surface area contributed by atoms with E-state index in [1.165, 1.54) is 17.9 Å². The van der Waals surface area contributed by atoms with Gasteiger partial charge >= 0.3 is 6.18 Å². The Labute approximate surface area is 126 Å². The smallest absolute Gasteiger partial charge is 0.355 e. The summed E-state index contributed by atoms with van der Waals surface area (Å²) in [5.41, 5.74) is 0.117. The minimum absolute atomic E-state index is 0.0717. The van der Waals surface area contributed by atoms with Gasteiger partial charge in [-0.25, -0.2) is 9.97 Å². The summed E-state index contributed by atoms with van der Waals surface area (Å²) in [7, 11) is 3.18. The minimum Gasteiger partial charge on any atom is -0.355 e. The SMILES string of the molecule is CCc1cc(N(C)Cc2cn(C)nc2C(F)(F)F)nc(C)n1. The van der Waals surface area contributed by atoms with Crippen molar-refractivity contribution in [1.82, 2.24) is 19.7 Å².